The summed E-state index contributed by atoms with van der Waals surface area (Å²) in [7, 11) is 0. The van der Waals surface area contributed by atoms with Crippen molar-refractivity contribution in [1.82, 2.24) is 9.97 Å². The summed E-state index contributed by atoms with van der Waals surface area (Å²) >= 11 is 0.714. The van der Waals surface area contributed by atoms with E-state index in [1.54, 1.807) is 24.3 Å². The molecule has 0 amide bonds. The Hall–Kier alpha value is -3.15. The number of imidazole rings is 1. The Labute approximate surface area is 143 Å². The van der Waals surface area contributed by atoms with Crippen LogP contribution in [0.2, 0.25) is 0 Å². The van der Waals surface area contributed by atoms with Crippen molar-refractivity contribution in [3.63, 3.8) is 0 Å². The minimum Gasteiger partial charge on any atom is -0.450 e. The number of hydrogen-bond acceptors (Lipinski definition) is 8. The van der Waals surface area contributed by atoms with Crippen molar-refractivity contribution in [1.29, 1.82) is 0 Å². The SMILES string of the molecule is O=C(O)OCC(OC(=O)O)C(OC(=O)O)Sc1nc2ccccc2[nH]1. The molecule has 0 fully saturated rings. The number of thioether (sulfide) groups is 1. The number of carbonyl (C=O) groups is 3. The molecule has 1 aromatic heterocycles. The van der Waals surface area contributed by atoms with Crippen LogP contribution in [0.25, 0.3) is 11.0 Å². The molecule has 0 radical (unpaired) electrons. The first-order valence-electron chi connectivity index (χ1n) is 6.61. The van der Waals surface area contributed by atoms with E-state index in [0.29, 0.717) is 22.8 Å². The molecular weight excluding hydrogens is 360 g/mol. The van der Waals surface area contributed by atoms with Crippen molar-refractivity contribution < 1.29 is 43.9 Å². The van der Waals surface area contributed by atoms with E-state index in [1.807, 2.05) is 0 Å². The van der Waals surface area contributed by atoms with Crippen LogP contribution in [-0.2, 0) is 14.2 Å². The number of carboxylic acid groups (broad SMARTS) is 3. The van der Waals surface area contributed by atoms with E-state index in [0.717, 1.165) is 0 Å². The zero-order chi connectivity index (χ0) is 18.4. The Balaban J connectivity index is 2.22. The van der Waals surface area contributed by atoms with Gasteiger partial charge in [0, 0.05) is 0 Å². The minimum atomic E-state index is -1.75. The monoisotopic (exact) mass is 372 g/mol. The average molecular weight is 372 g/mol. The van der Waals surface area contributed by atoms with E-state index in [9.17, 15) is 14.4 Å². The standard InChI is InChI=1S/C13H12N2O9S/c16-11(17)22-5-8(23-12(18)19)9(24-13(20)21)25-10-14-6-3-1-2-4-7(6)15-10/h1-4,8-9H,5H2,(H,14,15)(H,16,17)(H,18,19)(H,20,21). The van der Waals surface area contributed by atoms with Crippen LogP contribution in [0, 0.1) is 0 Å². The Bertz CT molecular complexity index is 745. The number of nitrogens with zero attached hydrogens (tertiary/aromatic N) is 1. The van der Waals surface area contributed by atoms with Gasteiger partial charge in [0.05, 0.1) is 11.0 Å². The Morgan fingerprint density at radius 3 is 2.36 bits per heavy atom. The molecule has 1 aromatic carbocycles. The van der Waals surface area contributed by atoms with E-state index in [-0.39, 0.29) is 5.16 Å². The first-order valence-corrected chi connectivity index (χ1v) is 7.49. The topological polar surface area (TPSA) is 168 Å². The molecule has 0 aliphatic carbocycles. The molecule has 11 nitrogen and oxygen atoms in total. The summed E-state index contributed by atoms with van der Waals surface area (Å²) in [4.78, 5) is 39.2. The lowest BCUT2D eigenvalue weighted by Gasteiger charge is -2.22. The second kappa shape index (κ2) is 8.10. The minimum absolute atomic E-state index is 0.224. The van der Waals surface area contributed by atoms with E-state index >= 15 is 0 Å². The number of ether oxygens (including phenoxy) is 3. The normalized spacial score (nSPS) is 13.0. The number of benzene rings is 1. The highest BCUT2D eigenvalue weighted by Gasteiger charge is 2.32. The van der Waals surface area contributed by atoms with Gasteiger partial charge in [-0.05, 0) is 23.9 Å². The predicted molar refractivity (Wildman–Crippen MR) is 81.7 cm³/mol. The molecule has 2 unspecified atom stereocenters. The first-order chi connectivity index (χ1) is 11.8. The molecule has 0 aliphatic heterocycles. The number of para-hydroxylation sites is 2. The number of hydrogen-bond donors (Lipinski definition) is 4. The largest absolute Gasteiger partial charge is 0.507 e. The summed E-state index contributed by atoms with van der Waals surface area (Å²) in [5, 5.41) is 26.3. The van der Waals surface area contributed by atoms with Gasteiger partial charge >= 0.3 is 18.5 Å². The van der Waals surface area contributed by atoms with Crippen LogP contribution >= 0.6 is 11.8 Å². The fourth-order valence-corrected chi connectivity index (χ4v) is 2.78. The van der Waals surface area contributed by atoms with Crippen LogP contribution in [0.4, 0.5) is 14.4 Å². The molecule has 0 saturated carbocycles. The van der Waals surface area contributed by atoms with Gasteiger partial charge in [-0.25, -0.2) is 19.4 Å². The predicted octanol–water partition coefficient (Wildman–Crippen LogP) is 2.43. The van der Waals surface area contributed by atoms with Gasteiger partial charge in [-0.15, -0.1) is 0 Å². The quantitative estimate of drug-likeness (QED) is 0.244. The van der Waals surface area contributed by atoms with Crippen molar-refractivity contribution in [2.24, 2.45) is 0 Å². The van der Waals surface area contributed by atoms with Crippen LogP contribution in [0.1, 0.15) is 0 Å². The number of H-pyrrole nitrogens is 1. The highest BCUT2D eigenvalue weighted by atomic mass is 32.2. The van der Waals surface area contributed by atoms with E-state index in [1.165, 1.54) is 0 Å². The molecule has 0 spiro atoms. The third-order valence-electron chi connectivity index (χ3n) is 2.74. The van der Waals surface area contributed by atoms with Crippen LogP contribution in [0.3, 0.4) is 0 Å². The van der Waals surface area contributed by atoms with E-state index < -0.39 is 36.6 Å². The highest BCUT2D eigenvalue weighted by Crippen LogP contribution is 2.28. The molecule has 12 heteroatoms. The fraction of sp³-hybridized carbons (Fsp3) is 0.231. The van der Waals surface area contributed by atoms with Crippen molar-refractivity contribution in [3.8, 4) is 0 Å². The van der Waals surface area contributed by atoms with Crippen molar-refractivity contribution in [3.05, 3.63) is 24.3 Å². The molecule has 0 aliphatic rings. The molecule has 1 heterocycles. The second-order valence-corrected chi connectivity index (χ2v) is 5.52. The maximum atomic E-state index is 10.9. The summed E-state index contributed by atoms with van der Waals surface area (Å²) in [6, 6.07) is 6.96. The highest BCUT2D eigenvalue weighted by molar-refractivity contribution is 7.99. The maximum Gasteiger partial charge on any atom is 0.507 e. The Kier molecular flexibility index (Phi) is 5.89. The summed E-state index contributed by atoms with van der Waals surface area (Å²) in [6.45, 7) is -0.757. The number of fused-ring (bicyclic) bond motifs is 1. The molecule has 0 bridgehead atoms. The fourth-order valence-electron chi connectivity index (χ4n) is 1.82. The maximum absolute atomic E-state index is 10.9. The Morgan fingerprint density at radius 2 is 1.76 bits per heavy atom. The van der Waals surface area contributed by atoms with Gasteiger partial charge in [0.15, 0.2) is 16.7 Å². The van der Waals surface area contributed by atoms with Gasteiger partial charge in [0.1, 0.15) is 6.61 Å². The zero-order valence-corrected chi connectivity index (χ0v) is 13.1. The third-order valence-corrected chi connectivity index (χ3v) is 3.79. The van der Waals surface area contributed by atoms with Gasteiger partial charge in [-0.2, -0.15) is 0 Å². The van der Waals surface area contributed by atoms with Crippen molar-refractivity contribution >= 4 is 41.3 Å². The number of aromatic amines is 1. The smallest absolute Gasteiger partial charge is 0.450 e. The lowest BCUT2D eigenvalue weighted by Crippen LogP contribution is -2.36. The van der Waals surface area contributed by atoms with E-state index in [4.69, 9.17) is 15.3 Å². The average Bonchev–Trinajstić information content (AvgIpc) is 2.92. The Morgan fingerprint density at radius 1 is 1.08 bits per heavy atom. The summed E-state index contributed by atoms with van der Waals surface area (Å²) in [5.41, 5.74) is -0.193. The van der Waals surface area contributed by atoms with Crippen molar-refractivity contribution in [2.45, 2.75) is 16.7 Å². The third kappa shape index (κ3) is 5.46. The van der Waals surface area contributed by atoms with Gasteiger partial charge in [0.2, 0.25) is 0 Å². The molecule has 2 atom stereocenters. The van der Waals surface area contributed by atoms with Gasteiger partial charge in [-0.3, -0.25) is 0 Å². The lowest BCUT2D eigenvalue weighted by atomic mass is 10.3. The number of nitrogens with one attached hydrogen (secondary N) is 1. The van der Waals surface area contributed by atoms with Crippen LogP contribution in [0.5, 0.6) is 0 Å². The summed E-state index contributed by atoms with van der Waals surface area (Å²) < 4.78 is 13.4. The molecule has 2 aromatic rings. The van der Waals surface area contributed by atoms with Crippen LogP contribution < -0.4 is 0 Å². The molecular formula is C13H12N2O9S. The van der Waals surface area contributed by atoms with Crippen molar-refractivity contribution in [2.75, 3.05) is 6.61 Å². The molecule has 4 N–H and O–H groups in total. The lowest BCUT2D eigenvalue weighted by molar-refractivity contribution is -0.0379. The van der Waals surface area contributed by atoms with Crippen LogP contribution in [-0.4, -0.2) is 61.9 Å². The second-order valence-electron chi connectivity index (χ2n) is 4.43. The summed E-state index contributed by atoms with van der Waals surface area (Å²) in [5.74, 6) is 0. The van der Waals surface area contributed by atoms with E-state index in [2.05, 4.69) is 24.2 Å². The molecule has 2 rings (SSSR count). The van der Waals surface area contributed by atoms with Gasteiger partial charge < -0.3 is 34.5 Å². The van der Waals surface area contributed by atoms with Gasteiger partial charge in [0.25, 0.3) is 0 Å². The molecule has 0 saturated heterocycles. The zero-order valence-electron chi connectivity index (χ0n) is 12.3. The first kappa shape index (κ1) is 18.2. The summed E-state index contributed by atoms with van der Waals surface area (Å²) in [6.07, 6.45) is -6.67. The van der Waals surface area contributed by atoms with Gasteiger partial charge in [-0.1, -0.05) is 12.1 Å². The molecule has 134 valence electrons. The number of aromatic nitrogens is 2. The van der Waals surface area contributed by atoms with Crippen LogP contribution in [0.15, 0.2) is 29.4 Å². The molecule has 25 heavy (non-hydrogen) atoms. The number of rotatable bonds is 7.